The van der Waals surface area contributed by atoms with Crippen LogP contribution in [0, 0.1) is 5.92 Å². The van der Waals surface area contributed by atoms with Crippen LogP contribution in [0.3, 0.4) is 0 Å². The van der Waals surface area contributed by atoms with Crippen molar-refractivity contribution < 1.29 is 31.1 Å². The predicted octanol–water partition coefficient (Wildman–Crippen LogP) is 1.98. The quantitative estimate of drug-likeness (QED) is 0.556. The van der Waals surface area contributed by atoms with Crippen molar-refractivity contribution in [2.24, 2.45) is 5.92 Å². The van der Waals surface area contributed by atoms with Crippen LogP contribution in [-0.2, 0) is 29.6 Å². The molecule has 0 N–H and O–H groups in total. The smallest absolute Gasteiger partial charge is 0.309 e. The van der Waals surface area contributed by atoms with Gasteiger partial charge in [0.1, 0.15) is 10.6 Å². The molecule has 0 atom stereocenters. The number of hydrogen-bond donors (Lipinski definition) is 0. The minimum atomic E-state index is -3.94. The number of sulfonamides is 2. The van der Waals surface area contributed by atoms with Crippen molar-refractivity contribution >= 4 is 31.7 Å². The summed E-state index contributed by atoms with van der Waals surface area (Å²) < 4.78 is 65.1. The number of nitrogens with zero attached hydrogens (tertiary/aromatic N) is 2. The third-order valence-electron chi connectivity index (χ3n) is 5.56. The Kier molecular flexibility index (Phi) is 7.48. The summed E-state index contributed by atoms with van der Waals surface area (Å²) in [6, 6.07) is 4.49. The largest absolute Gasteiger partial charge is 0.492 e. The van der Waals surface area contributed by atoms with Crippen molar-refractivity contribution in [1.29, 1.82) is 0 Å². The first-order valence-corrected chi connectivity index (χ1v) is 13.7. The lowest BCUT2D eigenvalue weighted by molar-refractivity contribution is -0.149. The number of carbonyl (C=O) groups is 1. The van der Waals surface area contributed by atoms with Gasteiger partial charge in [-0.3, -0.25) is 9.10 Å². The monoisotopic (exact) mass is 474 g/mol. The molecule has 0 radical (unpaired) electrons. The molecule has 2 aliphatic heterocycles. The lowest BCUT2D eigenvalue weighted by Crippen LogP contribution is -2.41. The van der Waals surface area contributed by atoms with Gasteiger partial charge >= 0.3 is 5.97 Å². The Bertz CT molecular complexity index is 1000. The molecule has 174 valence electrons. The van der Waals surface area contributed by atoms with E-state index in [0.29, 0.717) is 38.1 Å². The average molecular weight is 475 g/mol. The number of ether oxygens (including phenoxy) is 2. The number of rotatable bonds is 7. The molecular formula is C20H30N2O7S2. The first-order valence-electron chi connectivity index (χ1n) is 10.6. The Hall–Kier alpha value is -1.85. The fraction of sp³-hybridized carbons (Fsp3) is 0.650. The minimum absolute atomic E-state index is 0.0453. The van der Waals surface area contributed by atoms with Crippen molar-refractivity contribution in [3.05, 3.63) is 18.2 Å². The maximum atomic E-state index is 13.4. The molecule has 2 heterocycles. The Balaban J connectivity index is 1.90. The molecule has 2 saturated heterocycles. The molecule has 31 heavy (non-hydrogen) atoms. The van der Waals surface area contributed by atoms with E-state index in [-0.39, 0.29) is 48.0 Å². The van der Waals surface area contributed by atoms with Gasteiger partial charge in [-0.2, -0.15) is 4.31 Å². The Morgan fingerprint density at radius 3 is 2.42 bits per heavy atom. The molecule has 3 rings (SSSR count). The molecule has 0 aromatic heterocycles. The lowest BCUT2D eigenvalue weighted by Gasteiger charge is -2.32. The summed E-state index contributed by atoms with van der Waals surface area (Å²) in [5.41, 5.74) is 0.322. The Morgan fingerprint density at radius 2 is 1.81 bits per heavy atom. The number of benzene rings is 1. The van der Waals surface area contributed by atoms with E-state index in [2.05, 4.69) is 0 Å². The molecular weight excluding hydrogens is 444 g/mol. The van der Waals surface area contributed by atoms with Gasteiger partial charge in [0.15, 0.2) is 0 Å². The average Bonchev–Trinajstić information content (AvgIpc) is 2.74. The molecule has 0 amide bonds. The number of anilines is 1. The van der Waals surface area contributed by atoms with Crippen LogP contribution in [0.1, 0.15) is 39.5 Å². The van der Waals surface area contributed by atoms with Crippen molar-refractivity contribution in [3.63, 3.8) is 0 Å². The zero-order valence-electron chi connectivity index (χ0n) is 17.9. The molecule has 1 aromatic rings. The van der Waals surface area contributed by atoms with E-state index in [1.807, 2.05) is 0 Å². The fourth-order valence-corrected chi connectivity index (χ4v) is 7.19. The van der Waals surface area contributed by atoms with E-state index in [0.717, 1.165) is 6.42 Å². The Morgan fingerprint density at radius 1 is 1.10 bits per heavy atom. The van der Waals surface area contributed by atoms with Gasteiger partial charge in [-0.25, -0.2) is 16.8 Å². The molecule has 1 aromatic carbocycles. The molecule has 11 heteroatoms. The zero-order chi connectivity index (χ0) is 22.6. The maximum Gasteiger partial charge on any atom is 0.309 e. The topological polar surface area (TPSA) is 110 Å². The van der Waals surface area contributed by atoms with Gasteiger partial charge in [0.05, 0.1) is 30.6 Å². The minimum Gasteiger partial charge on any atom is -0.492 e. The molecule has 0 bridgehead atoms. The highest BCUT2D eigenvalue weighted by molar-refractivity contribution is 7.92. The molecule has 0 saturated carbocycles. The van der Waals surface area contributed by atoms with Gasteiger partial charge in [0.25, 0.3) is 0 Å². The molecule has 0 aliphatic carbocycles. The normalized spacial score (nSPS) is 20.4. The van der Waals surface area contributed by atoms with E-state index >= 15 is 0 Å². The number of esters is 1. The van der Waals surface area contributed by atoms with Crippen LogP contribution in [0.25, 0.3) is 0 Å². The van der Waals surface area contributed by atoms with Gasteiger partial charge < -0.3 is 9.47 Å². The molecule has 9 nitrogen and oxygen atoms in total. The summed E-state index contributed by atoms with van der Waals surface area (Å²) >= 11 is 0. The van der Waals surface area contributed by atoms with Crippen LogP contribution >= 0.6 is 0 Å². The van der Waals surface area contributed by atoms with Crippen molar-refractivity contribution in [2.75, 3.05) is 42.9 Å². The highest BCUT2D eigenvalue weighted by Gasteiger charge is 2.35. The summed E-state index contributed by atoms with van der Waals surface area (Å²) in [6.45, 7) is 4.75. The van der Waals surface area contributed by atoms with E-state index in [1.165, 1.54) is 20.7 Å². The maximum absolute atomic E-state index is 13.4. The van der Waals surface area contributed by atoms with Crippen LogP contribution < -0.4 is 9.04 Å². The van der Waals surface area contributed by atoms with Gasteiger partial charge in [-0.1, -0.05) is 0 Å². The number of hydrogen-bond acceptors (Lipinski definition) is 7. The first kappa shape index (κ1) is 23.8. The van der Waals surface area contributed by atoms with E-state index in [9.17, 15) is 21.6 Å². The highest BCUT2D eigenvalue weighted by atomic mass is 32.2. The number of carbonyl (C=O) groups excluding carboxylic acids is 1. The van der Waals surface area contributed by atoms with Gasteiger partial charge in [0, 0.05) is 19.6 Å². The summed E-state index contributed by atoms with van der Waals surface area (Å²) in [7, 11) is -7.42. The van der Waals surface area contributed by atoms with Crippen molar-refractivity contribution in [2.45, 2.75) is 44.4 Å². The number of piperidine rings is 1. The molecule has 2 fully saturated rings. The van der Waals surface area contributed by atoms with Gasteiger partial charge in [0.2, 0.25) is 20.0 Å². The lowest BCUT2D eigenvalue weighted by atomic mass is 9.98. The second kappa shape index (κ2) is 9.74. The van der Waals surface area contributed by atoms with Crippen LogP contribution in [0.15, 0.2) is 23.1 Å². The third-order valence-corrected chi connectivity index (χ3v) is 9.35. The first-order chi connectivity index (χ1) is 14.7. The molecule has 0 unspecified atom stereocenters. The van der Waals surface area contributed by atoms with Crippen molar-refractivity contribution in [1.82, 2.24) is 4.31 Å². The van der Waals surface area contributed by atoms with Crippen molar-refractivity contribution in [3.8, 4) is 5.75 Å². The third kappa shape index (κ3) is 5.15. The summed E-state index contributed by atoms with van der Waals surface area (Å²) in [6.07, 6.45) is 2.07. The second-order valence-corrected chi connectivity index (χ2v) is 11.5. The SMILES string of the molecule is CCOC(=O)C1CCN(S(=O)(=O)c2cc(N3CCCCS3(=O)=O)ccc2OCC)CC1. The highest BCUT2D eigenvalue weighted by Crippen LogP contribution is 2.35. The van der Waals surface area contributed by atoms with Crippen LogP contribution in [0.5, 0.6) is 5.75 Å². The van der Waals surface area contributed by atoms with Crippen LogP contribution in [0.2, 0.25) is 0 Å². The van der Waals surface area contributed by atoms with Crippen LogP contribution in [-0.4, -0.2) is 65.7 Å². The second-order valence-electron chi connectivity index (χ2n) is 7.59. The summed E-state index contributed by atoms with van der Waals surface area (Å²) in [4.78, 5) is 11.9. The summed E-state index contributed by atoms with van der Waals surface area (Å²) in [5, 5.41) is 0. The van der Waals surface area contributed by atoms with Gasteiger partial charge in [-0.15, -0.1) is 0 Å². The predicted molar refractivity (Wildman–Crippen MR) is 116 cm³/mol. The zero-order valence-corrected chi connectivity index (χ0v) is 19.6. The van der Waals surface area contributed by atoms with Crippen LogP contribution in [0.4, 0.5) is 5.69 Å². The van der Waals surface area contributed by atoms with Gasteiger partial charge in [-0.05, 0) is 57.7 Å². The van der Waals surface area contributed by atoms with E-state index in [1.54, 1.807) is 19.9 Å². The molecule has 0 spiro atoms. The van der Waals surface area contributed by atoms with E-state index in [4.69, 9.17) is 9.47 Å². The fourth-order valence-electron chi connectivity index (χ4n) is 3.94. The molecule has 2 aliphatic rings. The standard InChI is InChI=1S/C20H30N2O7S2/c1-3-28-18-8-7-17(22-11-5-6-14-30(22,24)25)15-19(18)31(26,27)21-12-9-16(10-13-21)20(23)29-4-2/h7-8,15-16H,3-6,9-14H2,1-2H3. The van der Waals surface area contributed by atoms with E-state index < -0.39 is 20.0 Å². The Labute approximate surface area is 184 Å². The summed E-state index contributed by atoms with van der Waals surface area (Å²) in [5.74, 6) is -0.383.